The smallest absolute Gasteiger partial charge is 0.250 e. The molecule has 6 nitrogen and oxygen atoms in total. The molecule has 0 heterocycles. The van der Waals surface area contributed by atoms with Crippen molar-refractivity contribution in [2.75, 3.05) is 11.9 Å². The van der Waals surface area contributed by atoms with E-state index in [1.54, 1.807) is 24.3 Å². The van der Waals surface area contributed by atoms with Crippen molar-refractivity contribution in [1.82, 2.24) is 0 Å². The number of rotatable bonds is 6. The molecular weight excluding hydrogens is 304 g/mol. The van der Waals surface area contributed by atoms with Gasteiger partial charge in [-0.25, -0.2) is 13.6 Å². The highest BCUT2D eigenvalue weighted by atomic mass is 32.2. The molecule has 0 atom stereocenters. The SMILES string of the molecule is NS(=O)(=O)Cc1cccc(NC(=O)COC2CCCCC2)c1. The van der Waals surface area contributed by atoms with Crippen molar-refractivity contribution in [1.29, 1.82) is 0 Å². The number of nitrogens with one attached hydrogen (secondary N) is 1. The highest BCUT2D eigenvalue weighted by molar-refractivity contribution is 7.88. The van der Waals surface area contributed by atoms with Crippen LogP contribution in [0.5, 0.6) is 0 Å². The van der Waals surface area contributed by atoms with Crippen LogP contribution in [0.4, 0.5) is 5.69 Å². The first kappa shape index (κ1) is 16.9. The largest absolute Gasteiger partial charge is 0.368 e. The first-order chi connectivity index (χ1) is 10.4. The fourth-order valence-electron chi connectivity index (χ4n) is 2.59. The molecule has 1 amide bonds. The van der Waals surface area contributed by atoms with E-state index in [9.17, 15) is 13.2 Å². The van der Waals surface area contributed by atoms with Crippen LogP contribution in [0, 0.1) is 0 Å². The van der Waals surface area contributed by atoms with Gasteiger partial charge in [0.25, 0.3) is 0 Å². The molecule has 0 aliphatic heterocycles. The molecule has 0 spiro atoms. The van der Waals surface area contributed by atoms with Gasteiger partial charge in [0.05, 0.1) is 11.9 Å². The number of carbonyl (C=O) groups is 1. The maximum Gasteiger partial charge on any atom is 0.250 e. The zero-order chi connectivity index (χ0) is 16.0. The molecule has 3 N–H and O–H groups in total. The summed E-state index contributed by atoms with van der Waals surface area (Å²) in [7, 11) is -3.58. The van der Waals surface area contributed by atoms with E-state index < -0.39 is 10.0 Å². The topological polar surface area (TPSA) is 98.5 Å². The molecule has 22 heavy (non-hydrogen) atoms. The Morgan fingerprint density at radius 3 is 2.68 bits per heavy atom. The van der Waals surface area contributed by atoms with Crippen LogP contribution in [0.25, 0.3) is 0 Å². The maximum absolute atomic E-state index is 11.9. The van der Waals surface area contributed by atoms with Crippen molar-refractivity contribution < 1.29 is 17.9 Å². The van der Waals surface area contributed by atoms with Crippen molar-refractivity contribution in [2.24, 2.45) is 5.14 Å². The number of amides is 1. The number of sulfonamides is 1. The molecule has 2 rings (SSSR count). The molecule has 0 unspecified atom stereocenters. The Morgan fingerprint density at radius 2 is 2.00 bits per heavy atom. The molecular formula is C15H22N2O4S. The van der Waals surface area contributed by atoms with Crippen LogP contribution in [0.3, 0.4) is 0 Å². The third-order valence-electron chi connectivity index (χ3n) is 3.58. The zero-order valence-electron chi connectivity index (χ0n) is 12.5. The lowest BCUT2D eigenvalue weighted by atomic mass is 9.98. The summed E-state index contributed by atoms with van der Waals surface area (Å²) in [6.45, 7) is 0.0179. The van der Waals surface area contributed by atoms with Gasteiger partial charge in [-0.2, -0.15) is 0 Å². The summed E-state index contributed by atoms with van der Waals surface area (Å²) >= 11 is 0. The number of hydrogen-bond acceptors (Lipinski definition) is 4. The Labute approximate surface area is 131 Å². The van der Waals surface area contributed by atoms with Crippen LogP contribution in [0.2, 0.25) is 0 Å². The third kappa shape index (κ3) is 6.13. The molecule has 1 aliphatic carbocycles. The van der Waals surface area contributed by atoms with Gasteiger partial charge in [-0.15, -0.1) is 0 Å². The number of primary sulfonamides is 1. The molecule has 1 aromatic rings. The summed E-state index contributed by atoms with van der Waals surface area (Å²) in [5.41, 5.74) is 1.08. The predicted molar refractivity (Wildman–Crippen MR) is 84.7 cm³/mol. The van der Waals surface area contributed by atoms with Crippen LogP contribution in [0.15, 0.2) is 24.3 Å². The van der Waals surface area contributed by atoms with Crippen LogP contribution >= 0.6 is 0 Å². The number of hydrogen-bond donors (Lipinski definition) is 2. The minimum atomic E-state index is -3.58. The van der Waals surface area contributed by atoms with Gasteiger partial charge >= 0.3 is 0 Å². The molecule has 1 fully saturated rings. The molecule has 122 valence electrons. The second kappa shape index (κ2) is 7.71. The average Bonchev–Trinajstić information content (AvgIpc) is 2.45. The number of ether oxygens (including phenoxy) is 1. The predicted octanol–water partition coefficient (Wildman–Crippen LogP) is 1.76. The molecule has 0 bridgehead atoms. The van der Waals surface area contributed by atoms with E-state index in [0.29, 0.717) is 11.3 Å². The van der Waals surface area contributed by atoms with Crippen LogP contribution < -0.4 is 10.5 Å². The molecule has 0 radical (unpaired) electrons. The molecule has 0 saturated heterocycles. The zero-order valence-corrected chi connectivity index (χ0v) is 13.3. The van der Waals surface area contributed by atoms with E-state index in [0.717, 1.165) is 25.7 Å². The minimum absolute atomic E-state index is 0.0179. The third-order valence-corrected chi connectivity index (χ3v) is 4.32. The lowest BCUT2D eigenvalue weighted by Crippen LogP contribution is -2.24. The summed E-state index contributed by atoms with van der Waals surface area (Å²) in [5.74, 6) is -0.492. The summed E-state index contributed by atoms with van der Waals surface area (Å²) in [6.07, 6.45) is 5.74. The van der Waals surface area contributed by atoms with Crippen molar-refractivity contribution in [2.45, 2.75) is 44.0 Å². The Bertz CT molecular complexity index is 610. The Kier molecular flexibility index (Phi) is 5.93. The highest BCUT2D eigenvalue weighted by Crippen LogP contribution is 2.20. The normalized spacial score (nSPS) is 16.4. The van der Waals surface area contributed by atoms with E-state index in [-0.39, 0.29) is 24.4 Å². The van der Waals surface area contributed by atoms with Gasteiger partial charge in [-0.05, 0) is 30.5 Å². The molecule has 1 aliphatic rings. The van der Waals surface area contributed by atoms with Gasteiger partial charge in [0, 0.05) is 5.69 Å². The number of carbonyl (C=O) groups excluding carboxylic acids is 1. The van der Waals surface area contributed by atoms with Gasteiger partial charge in [0.15, 0.2) is 0 Å². The van der Waals surface area contributed by atoms with Gasteiger partial charge in [0.1, 0.15) is 6.61 Å². The highest BCUT2D eigenvalue weighted by Gasteiger charge is 2.15. The lowest BCUT2D eigenvalue weighted by molar-refractivity contribution is -0.123. The molecule has 0 aromatic heterocycles. The van der Waals surface area contributed by atoms with Crippen molar-refractivity contribution in [3.63, 3.8) is 0 Å². The van der Waals surface area contributed by atoms with E-state index >= 15 is 0 Å². The second-order valence-corrected chi connectivity index (χ2v) is 7.24. The van der Waals surface area contributed by atoms with Crippen molar-refractivity contribution in [3.8, 4) is 0 Å². The van der Waals surface area contributed by atoms with Gasteiger partial charge in [0.2, 0.25) is 15.9 Å². The molecule has 7 heteroatoms. The van der Waals surface area contributed by atoms with Gasteiger partial charge in [-0.1, -0.05) is 31.4 Å². The maximum atomic E-state index is 11.9. The number of benzene rings is 1. The average molecular weight is 326 g/mol. The first-order valence-electron chi connectivity index (χ1n) is 7.43. The van der Waals surface area contributed by atoms with Crippen molar-refractivity contribution in [3.05, 3.63) is 29.8 Å². The summed E-state index contributed by atoms with van der Waals surface area (Å²) in [5, 5.41) is 7.72. The summed E-state index contributed by atoms with van der Waals surface area (Å²) < 4.78 is 27.8. The van der Waals surface area contributed by atoms with Crippen LogP contribution in [-0.2, 0) is 25.3 Å². The summed E-state index contributed by atoms with van der Waals surface area (Å²) in [4.78, 5) is 11.9. The Morgan fingerprint density at radius 1 is 1.27 bits per heavy atom. The van der Waals surface area contributed by atoms with E-state index in [1.165, 1.54) is 6.42 Å². The summed E-state index contributed by atoms with van der Waals surface area (Å²) in [6, 6.07) is 6.63. The fourth-order valence-corrected chi connectivity index (χ4v) is 3.24. The van der Waals surface area contributed by atoms with E-state index in [4.69, 9.17) is 9.88 Å². The lowest BCUT2D eigenvalue weighted by Gasteiger charge is -2.21. The van der Waals surface area contributed by atoms with Crippen molar-refractivity contribution >= 4 is 21.6 Å². The quantitative estimate of drug-likeness (QED) is 0.832. The number of nitrogens with two attached hydrogens (primary N) is 1. The van der Waals surface area contributed by atoms with E-state index in [2.05, 4.69) is 5.32 Å². The van der Waals surface area contributed by atoms with Crippen LogP contribution in [-0.4, -0.2) is 27.0 Å². The standard InChI is InChI=1S/C15H22N2O4S/c16-22(19,20)11-12-5-4-6-13(9-12)17-15(18)10-21-14-7-2-1-3-8-14/h4-6,9,14H,1-3,7-8,10-11H2,(H,17,18)(H2,16,19,20). The van der Waals surface area contributed by atoms with Gasteiger partial charge in [-0.3, -0.25) is 4.79 Å². The second-order valence-electron chi connectivity index (χ2n) is 5.63. The first-order valence-corrected chi connectivity index (χ1v) is 9.15. The number of anilines is 1. The Balaban J connectivity index is 1.84. The van der Waals surface area contributed by atoms with E-state index in [1.807, 2.05) is 0 Å². The minimum Gasteiger partial charge on any atom is -0.368 e. The Hall–Kier alpha value is -1.44. The monoisotopic (exact) mass is 326 g/mol. The fraction of sp³-hybridized carbons (Fsp3) is 0.533. The van der Waals surface area contributed by atoms with Gasteiger partial charge < -0.3 is 10.1 Å². The van der Waals surface area contributed by atoms with Crippen LogP contribution in [0.1, 0.15) is 37.7 Å². The molecule has 1 aromatic carbocycles. The molecule has 1 saturated carbocycles.